The van der Waals surface area contributed by atoms with Gasteiger partial charge in [-0.1, -0.05) is 33.4 Å². The monoisotopic (exact) mass is 189 g/mol. The van der Waals surface area contributed by atoms with Crippen molar-refractivity contribution in [2.75, 3.05) is 6.54 Å². The van der Waals surface area contributed by atoms with Gasteiger partial charge in [0.2, 0.25) is 0 Å². The summed E-state index contributed by atoms with van der Waals surface area (Å²) in [5.74, 6) is 0.509. The van der Waals surface area contributed by atoms with Crippen LogP contribution in [0.25, 0.3) is 0 Å². The van der Waals surface area contributed by atoms with Gasteiger partial charge >= 0.3 is 0 Å². The Hall–Kier alpha value is -0.180. The van der Waals surface area contributed by atoms with Gasteiger partial charge < -0.3 is 4.90 Å². The fraction of sp³-hybridized carbons (Fsp3) is 0.889. The van der Waals surface area contributed by atoms with Gasteiger partial charge in [-0.2, -0.15) is 0 Å². The largest absolute Gasteiger partial charge is 0.331 e. The number of carbonyl (C=O) groups is 1. The highest BCUT2D eigenvalue weighted by Crippen LogP contribution is 2.09. The molecule has 72 valence electrons. The third-order valence-electron chi connectivity index (χ3n) is 1.93. The van der Waals surface area contributed by atoms with Crippen LogP contribution in [0.4, 0.5) is 4.79 Å². The average Bonchev–Trinajstić information content (AvgIpc) is 1.98. The summed E-state index contributed by atoms with van der Waals surface area (Å²) in [6, 6.07) is 0.303. The number of carbonyl (C=O) groups excluding carboxylic acids is 1. The van der Waals surface area contributed by atoms with Crippen molar-refractivity contribution in [1.82, 2.24) is 4.90 Å². The van der Waals surface area contributed by atoms with E-state index in [9.17, 15) is 4.79 Å². The maximum atomic E-state index is 11.1. The second-order valence-electron chi connectivity index (χ2n) is 3.59. The topological polar surface area (TPSA) is 20.3 Å². The third-order valence-corrected chi connectivity index (χ3v) is 2.19. The maximum Gasteiger partial charge on any atom is 0.278 e. The molecular formula is C9H19NOS. The van der Waals surface area contributed by atoms with Crippen LogP contribution in [0.15, 0.2) is 0 Å². The summed E-state index contributed by atoms with van der Waals surface area (Å²) in [4.78, 5) is 12.9. The minimum atomic E-state index is -0.113. The van der Waals surface area contributed by atoms with Crippen LogP contribution in [0.5, 0.6) is 0 Å². The van der Waals surface area contributed by atoms with Gasteiger partial charge in [0, 0.05) is 12.6 Å². The summed E-state index contributed by atoms with van der Waals surface area (Å²) in [6.45, 7) is 9.14. The summed E-state index contributed by atoms with van der Waals surface area (Å²) in [6.07, 6.45) is 0.985. The first-order valence-electron chi connectivity index (χ1n) is 4.48. The summed E-state index contributed by atoms with van der Waals surface area (Å²) < 4.78 is 0. The number of thiol groups is 1. The van der Waals surface area contributed by atoms with E-state index in [-0.39, 0.29) is 5.24 Å². The van der Waals surface area contributed by atoms with Crippen LogP contribution in [0.1, 0.15) is 34.1 Å². The van der Waals surface area contributed by atoms with Crippen molar-refractivity contribution in [2.24, 2.45) is 5.92 Å². The van der Waals surface area contributed by atoms with E-state index in [1.807, 2.05) is 4.90 Å². The maximum absolute atomic E-state index is 11.1. The van der Waals surface area contributed by atoms with Crippen molar-refractivity contribution in [3.05, 3.63) is 0 Å². The minimum Gasteiger partial charge on any atom is -0.331 e. The summed E-state index contributed by atoms with van der Waals surface area (Å²) in [5.41, 5.74) is 0. The van der Waals surface area contributed by atoms with E-state index < -0.39 is 0 Å². The molecule has 2 nitrogen and oxygen atoms in total. The van der Waals surface area contributed by atoms with Crippen molar-refractivity contribution >= 4 is 17.9 Å². The number of hydrogen-bond acceptors (Lipinski definition) is 1. The molecule has 0 bridgehead atoms. The molecule has 0 saturated heterocycles. The molecule has 0 aliphatic rings. The van der Waals surface area contributed by atoms with Gasteiger partial charge in [0.15, 0.2) is 0 Å². The van der Waals surface area contributed by atoms with Crippen LogP contribution in [-0.2, 0) is 0 Å². The second-order valence-corrected chi connectivity index (χ2v) is 3.97. The first kappa shape index (κ1) is 11.8. The van der Waals surface area contributed by atoms with Crippen LogP contribution in [-0.4, -0.2) is 22.7 Å². The predicted octanol–water partition coefficient (Wildman–Crippen LogP) is 2.79. The first-order chi connectivity index (χ1) is 5.49. The molecule has 3 heteroatoms. The van der Waals surface area contributed by atoms with Gasteiger partial charge in [-0.3, -0.25) is 4.79 Å². The van der Waals surface area contributed by atoms with E-state index in [0.29, 0.717) is 12.0 Å². The highest BCUT2D eigenvalue weighted by atomic mass is 32.1. The zero-order valence-electron chi connectivity index (χ0n) is 8.37. The van der Waals surface area contributed by atoms with Crippen LogP contribution in [0.2, 0.25) is 0 Å². The molecule has 12 heavy (non-hydrogen) atoms. The van der Waals surface area contributed by atoms with Crippen LogP contribution in [0, 0.1) is 5.92 Å². The molecule has 1 atom stereocenters. The highest BCUT2D eigenvalue weighted by Gasteiger charge is 2.16. The van der Waals surface area contributed by atoms with E-state index in [1.54, 1.807) is 0 Å². The van der Waals surface area contributed by atoms with Crippen LogP contribution >= 0.6 is 12.6 Å². The summed E-state index contributed by atoms with van der Waals surface area (Å²) in [7, 11) is 0. The van der Waals surface area contributed by atoms with Crippen LogP contribution in [0.3, 0.4) is 0 Å². The Labute approximate surface area is 80.7 Å². The van der Waals surface area contributed by atoms with Gasteiger partial charge in [-0.05, 0) is 19.3 Å². The molecule has 1 amide bonds. The molecular weight excluding hydrogens is 170 g/mol. The SMILES string of the molecule is CCC(C)N(CC(C)C)C(=O)S. The Bertz CT molecular complexity index is 147. The number of nitrogens with zero attached hydrogens (tertiary/aromatic N) is 1. The molecule has 0 aromatic carbocycles. The van der Waals surface area contributed by atoms with E-state index >= 15 is 0 Å². The summed E-state index contributed by atoms with van der Waals surface area (Å²) >= 11 is 3.85. The Kier molecular flexibility index (Phi) is 5.38. The lowest BCUT2D eigenvalue weighted by atomic mass is 10.1. The lowest BCUT2D eigenvalue weighted by molar-refractivity contribution is 0.193. The summed E-state index contributed by atoms with van der Waals surface area (Å²) in [5, 5.41) is -0.113. The average molecular weight is 189 g/mol. The molecule has 0 aromatic heterocycles. The Morgan fingerprint density at radius 1 is 1.42 bits per heavy atom. The number of hydrogen-bond donors (Lipinski definition) is 1. The van der Waals surface area contributed by atoms with E-state index in [2.05, 4.69) is 40.3 Å². The molecule has 0 fully saturated rings. The minimum absolute atomic E-state index is 0.113. The third kappa shape index (κ3) is 4.00. The Morgan fingerprint density at radius 2 is 1.92 bits per heavy atom. The fourth-order valence-electron chi connectivity index (χ4n) is 1.06. The van der Waals surface area contributed by atoms with Crippen molar-refractivity contribution in [2.45, 2.75) is 40.2 Å². The molecule has 0 aliphatic heterocycles. The van der Waals surface area contributed by atoms with Gasteiger partial charge in [-0.15, -0.1) is 0 Å². The standard InChI is InChI=1S/C9H19NOS/c1-5-8(4)10(9(11)12)6-7(2)3/h7-8H,5-6H2,1-4H3,(H,11,12). The fourth-order valence-corrected chi connectivity index (χ4v) is 1.34. The quantitative estimate of drug-likeness (QED) is 0.674. The van der Waals surface area contributed by atoms with E-state index in [4.69, 9.17) is 0 Å². The molecule has 0 spiro atoms. The molecule has 0 radical (unpaired) electrons. The molecule has 0 saturated carbocycles. The zero-order chi connectivity index (χ0) is 9.72. The predicted molar refractivity (Wildman–Crippen MR) is 55.7 cm³/mol. The molecule has 0 heterocycles. The van der Waals surface area contributed by atoms with Crippen LogP contribution < -0.4 is 0 Å². The molecule has 1 unspecified atom stereocenters. The lowest BCUT2D eigenvalue weighted by Crippen LogP contribution is -2.37. The number of amides is 1. The first-order valence-corrected chi connectivity index (χ1v) is 4.93. The normalized spacial score (nSPS) is 13.2. The van der Waals surface area contributed by atoms with Crippen molar-refractivity contribution in [3.63, 3.8) is 0 Å². The van der Waals surface area contributed by atoms with E-state index in [1.165, 1.54) is 0 Å². The zero-order valence-corrected chi connectivity index (χ0v) is 9.27. The molecule has 0 rings (SSSR count). The molecule has 0 aliphatic carbocycles. The van der Waals surface area contributed by atoms with Crippen molar-refractivity contribution in [3.8, 4) is 0 Å². The van der Waals surface area contributed by atoms with E-state index in [0.717, 1.165) is 13.0 Å². The molecule has 0 N–H and O–H groups in total. The smallest absolute Gasteiger partial charge is 0.278 e. The van der Waals surface area contributed by atoms with Gasteiger partial charge in [0.05, 0.1) is 0 Å². The Morgan fingerprint density at radius 3 is 2.17 bits per heavy atom. The van der Waals surface area contributed by atoms with Gasteiger partial charge in [-0.25, -0.2) is 0 Å². The van der Waals surface area contributed by atoms with Crippen molar-refractivity contribution < 1.29 is 4.79 Å². The lowest BCUT2D eigenvalue weighted by Gasteiger charge is -2.28. The van der Waals surface area contributed by atoms with Gasteiger partial charge in [0.25, 0.3) is 5.24 Å². The second kappa shape index (κ2) is 5.46. The highest BCUT2D eigenvalue weighted by molar-refractivity contribution is 7.96. The van der Waals surface area contributed by atoms with Crippen molar-refractivity contribution in [1.29, 1.82) is 0 Å². The molecule has 0 aromatic rings. The number of rotatable bonds is 4. The Balaban J connectivity index is 4.13. The van der Waals surface area contributed by atoms with Gasteiger partial charge in [0.1, 0.15) is 0 Å².